The van der Waals surface area contributed by atoms with Crippen LogP contribution in [0.5, 0.6) is 5.75 Å². The van der Waals surface area contributed by atoms with E-state index in [2.05, 4.69) is 32.0 Å². The third-order valence-electron chi connectivity index (χ3n) is 4.00. The second kappa shape index (κ2) is 8.82. The molecule has 3 rings (SSSR count). The number of nitrogens with one attached hydrogen (secondary N) is 2. The lowest BCUT2D eigenvalue weighted by atomic mass is 10.2. The monoisotopic (exact) mass is 421 g/mol. The molecule has 0 atom stereocenters. The fraction of sp³-hybridized carbons (Fsp3) is 0.211. The molecule has 0 aliphatic rings. The molecular weight excluding hydrogens is 403 g/mol. The summed E-state index contributed by atoms with van der Waals surface area (Å²) in [6.07, 6.45) is -2.12. The smallest absolute Gasteiger partial charge is 0.406 e. The van der Waals surface area contributed by atoms with Gasteiger partial charge in [0.25, 0.3) is 0 Å². The molecule has 3 N–H and O–H groups in total. The number of halogens is 3. The number of aliphatic hydroxyl groups is 1. The summed E-state index contributed by atoms with van der Waals surface area (Å²) >= 11 is 0. The number of alkyl halides is 3. The number of benzene rings is 1. The molecule has 11 heteroatoms. The zero-order valence-corrected chi connectivity index (χ0v) is 15.6. The van der Waals surface area contributed by atoms with E-state index in [0.29, 0.717) is 28.1 Å². The molecule has 0 unspecified atom stereocenters. The second-order valence-corrected chi connectivity index (χ2v) is 6.03. The number of ether oxygens (including phenoxy) is 1. The van der Waals surface area contributed by atoms with Gasteiger partial charge in [0.2, 0.25) is 5.91 Å². The van der Waals surface area contributed by atoms with Gasteiger partial charge in [0.15, 0.2) is 5.65 Å². The lowest BCUT2D eigenvalue weighted by Gasteiger charge is -2.10. The van der Waals surface area contributed by atoms with E-state index in [4.69, 9.17) is 5.11 Å². The predicted octanol–water partition coefficient (Wildman–Crippen LogP) is 2.53. The molecule has 1 aromatic carbocycles. The maximum absolute atomic E-state index is 12.4. The number of fused-ring (bicyclic) bond motifs is 1. The first-order chi connectivity index (χ1) is 14.3. The number of hydrogen-bond donors (Lipinski definition) is 3. The number of anilines is 1. The van der Waals surface area contributed by atoms with Crippen LogP contribution in [-0.2, 0) is 11.3 Å². The normalized spacial score (nSPS) is 11.3. The van der Waals surface area contributed by atoms with Crippen LogP contribution in [0, 0.1) is 0 Å². The zero-order valence-electron chi connectivity index (χ0n) is 15.6. The third-order valence-corrected chi connectivity index (χ3v) is 4.00. The maximum atomic E-state index is 12.4. The Kier molecular flexibility index (Phi) is 6.21. The molecular formula is C19H18F3N5O3. The first kappa shape index (κ1) is 21.1. The first-order valence-electron chi connectivity index (χ1n) is 8.80. The Morgan fingerprint density at radius 1 is 1.27 bits per heavy atom. The molecule has 2 heterocycles. The lowest BCUT2D eigenvalue weighted by molar-refractivity contribution is -0.274. The molecule has 0 aliphatic carbocycles. The molecule has 0 saturated heterocycles. The minimum absolute atomic E-state index is 0.0725. The number of pyridine rings is 1. The van der Waals surface area contributed by atoms with Gasteiger partial charge in [0.05, 0.1) is 29.9 Å². The van der Waals surface area contributed by atoms with E-state index < -0.39 is 6.36 Å². The van der Waals surface area contributed by atoms with Crippen LogP contribution in [0.25, 0.3) is 16.7 Å². The van der Waals surface area contributed by atoms with Crippen molar-refractivity contribution in [1.29, 1.82) is 0 Å². The highest BCUT2D eigenvalue weighted by Gasteiger charge is 2.31. The Hall–Kier alpha value is -3.60. The van der Waals surface area contributed by atoms with Crippen molar-refractivity contribution in [2.45, 2.75) is 12.9 Å². The van der Waals surface area contributed by atoms with E-state index in [1.807, 2.05) is 0 Å². The van der Waals surface area contributed by atoms with Crippen LogP contribution >= 0.6 is 0 Å². The van der Waals surface area contributed by atoms with Gasteiger partial charge < -0.3 is 20.5 Å². The van der Waals surface area contributed by atoms with Crippen LogP contribution in [-0.4, -0.2) is 45.3 Å². The SMILES string of the molecule is C=CC(=O)NCc1nn(-c2ccc(OC(F)(F)F)cc2)c2nccc(NCCO)c12. The number of aliphatic hydroxyl groups excluding tert-OH is 1. The Labute approximate surface area is 169 Å². The van der Waals surface area contributed by atoms with E-state index in [1.165, 1.54) is 35.1 Å². The largest absolute Gasteiger partial charge is 0.573 e. The Morgan fingerprint density at radius 3 is 2.63 bits per heavy atom. The van der Waals surface area contributed by atoms with Gasteiger partial charge >= 0.3 is 6.36 Å². The summed E-state index contributed by atoms with van der Waals surface area (Å²) in [4.78, 5) is 15.9. The average molecular weight is 421 g/mol. The van der Waals surface area contributed by atoms with Gasteiger partial charge in [0, 0.05) is 18.4 Å². The third kappa shape index (κ3) is 4.87. The van der Waals surface area contributed by atoms with Gasteiger partial charge in [0.1, 0.15) is 5.75 Å². The molecule has 0 bridgehead atoms. The molecule has 30 heavy (non-hydrogen) atoms. The van der Waals surface area contributed by atoms with Crippen molar-refractivity contribution < 1.29 is 27.8 Å². The minimum atomic E-state index is -4.79. The van der Waals surface area contributed by atoms with E-state index in [9.17, 15) is 18.0 Å². The number of aromatic nitrogens is 3. The van der Waals surface area contributed by atoms with Gasteiger partial charge in [-0.25, -0.2) is 9.67 Å². The van der Waals surface area contributed by atoms with E-state index >= 15 is 0 Å². The summed E-state index contributed by atoms with van der Waals surface area (Å²) in [5, 5.41) is 19.9. The van der Waals surface area contributed by atoms with Gasteiger partial charge in [-0.05, 0) is 36.4 Å². The van der Waals surface area contributed by atoms with E-state index in [1.54, 1.807) is 6.07 Å². The topological polar surface area (TPSA) is 101 Å². The van der Waals surface area contributed by atoms with Gasteiger partial charge in [-0.1, -0.05) is 6.58 Å². The summed E-state index contributed by atoms with van der Waals surface area (Å²) in [7, 11) is 0. The van der Waals surface area contributed by atoms with Crippen LogP contribution in [0.4, 0.5) is 18.9 Å². The fourth-order valence-electron chi connectivity index (χ4n) is 2.79. The van der Waals surface area contributed by atoms with Crippen molar-refractivity contribution in [3.63, 3.8) is 0 Å². The number of nitrogens with zero attached hydrogens (tertiary/aromatic N) is 3. The molecule has 8 nitrogen and oxygen atoms in total. The van der Waals surface area contributed by atoms with Crippen molar-refractivity contribution in [1.82, 2.24) is 20.1 Å². The molecule has 0 radical (unpaired) electrons. The summed E-state index contributed by atoms with van der Waals surface area (Å²) in [6.45, 7) is 3.66. The molecule has 158 valence electrons. The van der Waals surface area contributed by atoms with Gasteiger partial charge in [-0.3, -0.25) is 4.79 Å². The minimum Gasteiger partial charge on any atom is -0.406 e. The Balaban J connectivity index is 2.03. The molecule has 0 fully saturated rings. The molecule has 0 saturated carbocycles. The summed E-state index contributed by atoms with van der Waals surface area (Å²) < 4.78 is 42.5. The van der Waals surface area contributed by atoms with Crippen LogP contribution < -0.4 is 15.4 Å². The van der Waals surface area contributed by atoms with Crippen molar-refractivity contribution in [3.05, 3.63) is 54.9 Å². The number of rotatable bonds is 8. The van der Waals surface area contributed by atoms with Gasteiger partial charge in [-0.2, -0.15) is 5.10 Å². The fourth-order valence-corrected chi connectivity index (χ4v) is 2.79. The number of amides is 1. The predicted molar refractivity (Wildman–Crippen MR) is 103 cm³/mol. The first-order valence-corrected chi connectivity index (χ1v) is 8.80. The van der Waals surface area contributed by atoms with E-state index in [0.717, 1.165) is 6.08 Å². The average Bonchev–Trinajstić information content (AvgIpc) is 3.09. The summed E-state index contributed by atoms with van der Waals surface area (Å²) in [5.41, 5.74) is 1.98. The van der Waals surface area contributed by atoms with E-state index in [-0.39, 0.29) is 31.4 Å². The number of carbonyl (C=O) groups is 1. The van der Waals surface area contributed by atoms with Crippen LogP contribution in [0.1, 0.15) is 5.69 Å². The maximum Gasteiger partial charge on any atom is 0.573 e. The number of carbonyl (C=O) groups excluding carboxylic acids is 1. The molecule has 0 aliphatic heterocycles. The van der Waals surface area contributed by atoms with Gasteiger partial charge in [-0.15, -0.1) is 13.2 Å². The molecule has 3 aromatic rings. The molecule has 1 amide bonds. The van der Waals surface area contributed by atoms with Crippen molar-refractivity contribution in [2.75, 3.05) is 18.5 Å². The highest BCUT2D eigenvalue weighted by molar-refractivity contribution is 5.93. The molecule has 0 spiro atoms. The van der Waals surface area contributed by atoms with Crippen molar-refractivity contribution >= 4 is 22.6 Å². The summed E-state index contributed by atoms with van der Waals surface area (Å²) in [6, 6.07) is 6.86. The highest BCUT2D eigenvalue weighted by atomic mass is 19.4. The van der Waals surface area contributed by atoms with Crippen LogP contribution in [0.15, 0.2) is 49.2 Å². The Bertz CT molecular complexity index is 1050. The second-order valence-electron chi connectivity index (χ2n) is 6.03. The molecule has 2 aromatic heterocycles. The quantitative estimate of drug-likeness (QED) is 0.483. The van der Waals surface area contributed by atoms with Crippen molar-refractivity contribution in [2.24, 2.45) is 0 Å². The van der Waals surface area contributed by atoms with Crippen LogP contribution in [0.2, 0.25) is 0 Å². The summed E-state index contributed by atoms with van der Waals surface area (Å²) in [5.74, 6) is -0.750. The zero-order chi connectivity index (χ0) is 21.7. The number of hydrogen-bond acceptors (Lipinski definition) is 6. The van der Waals surface area contributed by atoms with Crippen molar-refractivity contribution in [3.8, 4) is 11.4 Å². The standard InChI is InChI=1S/C19H18F3N5O3/c1-2-16(29)25-11-15-17-14(23-9-10-28)7-8-24-18(17)27(26-15)12-3-5-13(6-4-12)30-19(20,21)22/h2-8,28H,1,9-11H2,(H,23,24)(H,25,29). The Morgan fingerprint density at radius 2 is 2.00 bits per heavy atom. The highest BCUT2D eigenvalue weighted by Crippen LogP contribution is 2.29. The van der Waals surface area contributed by atoms with Crippen LogP contribution in [0.3, 0.4) is 0 Å². The lowest BCUT2D eigenvalue weighted by Crippen LogP contribution is -2.20.